The van der Waals surface area contributed by atoms with Crippen molar-refractivity contribution in [3.63, 3.8) is 0 Å². The Morgan fingerprint density at radius 3 is 2.64 bits per heavy atom. The first-order valence-corrected chi connectivity index (χ1v) is 12.6. The Morgan fingerprint density at radius 1 is 1.06 bits per heavy atom. The number of nitrogens with zero attached hydrogens (tertiary/aromatic N) is 3. The highest BCUT2D eigenvalue weighted by atomic mass is 19.1. The molecule has 1 saturated heterocycles. The molecule has 0 saturated carbocycles. The molecular weight excluding hydrogens is 451 g/mol. The Kier molecular flexibility index (Phi) is 7.52. The van der Waals surface area contributed by atoms with Gasteiger partial charge >= 0.3 is 0 Å². The van der Waals surface area contributed by atoms with Gasteiger partial charge in [0.15, 0.2) is 0 Å². The SMILES string of the molecule is O=C(/C=C/c1ccc(-n2cc(CCN3CCC(F)CC3)c3ccccc32)cc1)NCc1cccnc1. The molecule has 5 nitrogen and oxygen atoms in total. The van der Waals surface area contributed by atoms with Gasteiger partial charge < -0.3 is 14.8 Å². The number of alkyl halides is 1. The number of benzene rings is 2. The van der Waals surface area contributed by atoms with Crippen molar-refractivity contribution in [2.45, 2.75) is 32.0 Å². The summed E-state index contributed by atoms with van der Waals surface area (Å²) < 4.78 is 15.7. The minimum Gasteiger partial charge on any atom is -0.348 e. The van der Waals surface area contributed by atoms with Crippen molar-refractivity contribution < 1.29 is 9.18 Å². The summed E-state index contributed by atoms with van der Waals surface area (Å²) in [5.41, 5.74) is 5.48. The number of carbonyl (C=O) groups excluding carboxylic acids is 1. The fourth-order valence-corrected chi connectivity index (χ4v) is 4.74. The molecule has 0 aliphatic carbocycles. The predicted molar refractivity (Wildman–Crippen MR) is 143 cm³/mol. The summed E-state index contributed by atoms with van der Waals surface area (Å²) >= 11 is 0. The van der Waals surface area contributed by atoms with Gasteiger partial charge in [0.25, 0.3) is 0 Å². The molecule has 0 unspecified atom stereocenters. The van der Waals surface area contributed by atoms with Crippen LogP contribution in [0.1, 0.15) is 29.5 Å². The van der Waals surface area contributed by atoms with E-state index in [1.54, 1.807) is 18.5 Å². The second-order valence-corrected chi connectivity index (χ2v) is 9.31. The molecular formula is C30H31FN4O. The minimum absolute atomic E-state index is 0.139. The summed E-state index contributed by atoms with van der Waals surface area (Å²) in [6, 6.07) is 20.5. The summed E-state index contributed by atoms with van der Waals surface area (Å²) in [4.78, 5) is 18.6. The number of pyridine rings is 1. The standard InChI is InChI=1S/C30H31FN4O/c31-26-14-18-34(19-15-26)17-13-25-22-35(29-6-2-1-5-28(25)29)27-10-7-23(8-11-27)9-12-30(36)33-21-24-4-3-16-32-20-24/h1-12,16,20,22,26H,13-15,17-19,21H2,(H,33,36)/b12-9+. The van der Waals surface area contributed by atoms with Crippen molar-refractivity contribution in [2.75, 3.05) is 19.6 Å². The van der Waals surface area contributed by atoms with E-state index in [1.165, 1.54) is 16.5 Å². The highest BCUT2D eigenvalue weighted by Crippen LogP contribution is 2.26. The van der Waals surface area contributed by atoms with E-state index in [2.05, 4.69) is 62.4 Å². The number of piperidine rings is 1. The number of aromatic nitrogens is 2. The molecule has 1 amide bonds. The lowest BCUT2D eigenvalue weighted by Gasteiger charge is -2.28. The van der Waals surface area contributed by atoms with E-state index in [9.17, 15) is 9.18 Å². The summed E-state index contributed by atoms with van der Waals surface area (Å²) in [5.74, 6) is -0.139. The average molecular weight is 483 g/mol. The number of fused-ring (bicyclic) bond motifs is 1. The summed E-state index contributed by atoms with van der Waals surface area (Å²) in [6.07, 6.45) is 10.7. The first-order chi connectivity index (χ1) is 17.7. The zero-order valence-electron chi connectivity index (χ0n) is 20.3. The van der Waals surface area contributed by atoms with E-state index < -0.39 is 6.17 Å². The molecule has 6 heteroatoms. The summed E-state index contributed by atoms with van der Waals surface area (Å²) in [6.45, 7) is 3.09. The summed E-state index contributed by atoms with van der Waals surface area (Å²) in [7, 11) is 0. The van der Waals surface area contributed by atoms with Gasteiger partial charge in [0.1, 0.15) is 6.17 Å². The van der Waals surface area contributed by atoms with E-state index in [4.69, 9.17) is 0 Å². The smallest absolute Gasteiger partial charge is 0.244 e. The first kappa shape index (κ1) is 23.9. The second kappa shape index (κ2) is 11.3. The number of likely N-dealkylation sites (tertiary alicyclic amines) is 1. The Bertz CT molecular complexity index is 1320. The van der Waals surface area contributed by atoms with E-state index >= 15 is 0 Å². The maximum absolute atomic E-state index is 13.5. The molecule has 0 bridgehead atoms. The topological polar surface area (TPSA) is 50.2 Å². The Balaban J connectivity index is 1.25. The Labute approximate surface area is 211 Å². The van der Waals surface area contributed by atoms with Crippen LogP contribution in [0.3, 0.4) is 0 Å². The highest BCUT2D eigenvalue weighted by molar-refractivity contribution is 5.91. The van der Waals surface area contributed by atoms with Crippen molar-refractivity contribution in [1.29, 1.82) is 0 Å². The fraction of sp³-hybridized carbons (Fsp3) is 0.267. The first-order valence-electron chi connectivity index (χ1n) is 12.6. The number of halogens is 1. The zero-order valence-corrected chi connectivity index (χ0v) is 20.3. The van der Waals surface area contributed by atoms with Gasteiger partial charge in [-0.3, -0.25) is 9.78 Å². The van der Waals surface area contributed by atoms with Gasteiger partial charge in [0.05, 0.1) is 5.52 Å². The van der Waals surface area contributed by atoms with Gasteiger partial charge in [-0.25, -0.2) is 4.39 Å². The molecule has 36 heavy (non-hydrogen) atoms. The monoisotopic (exact) mass is 482 g/mol. The van der Waals surface area contributed by atoms with Gasteiger partial charge in [0.2, 0.25) is 5.91 Å². The Hall–Kier alpha value is -3.77. The number of hydrogen-bond acceptors (Lipinski definition) is 3. The molecule has 1 aliphatic rings. The molecule has 0 radical (unpaired) electrons. The minimum atomic E-state index is -0.637. The average Bonchev–Trinajstić information content (AvgIpc) is 3.30. The van der Waals surface area contributed by atoms with Crippen molar-refractivity contribution in [2.24, 2.45) is 0 Å². The van der Waals surface area contributed by atoms with Crippen molar-refractivity contribution in [3.8, 4) is 5.69 Å². The van der Waals surface area contributed by atoms with Crippen molar-refractivity contribution in [1.82, 2.24) is 19.8 Å². The fourth-order valence-electron chi connectivity index (χ4n) is 4.74. The van der Waals surface area contributed by atoms with E-state index in [0.717, 1.165) is 42.9 Å². The number of amides is 1. The molecule has 0 atom stereocenters. The molecule has 184 valence electrons. The van der Waals surface area contributed by atoms with Crippen LogP contribution in [0, 0.1) is 0 Å². The van der Waals surface area contributed by atoms with Crippen LogP contribution in [0.5, 0.6) is 0 Å². The van der Waals surface area contributed by atoms with Gasteiger partial charge in [-0.15, -0.1) is 0 Å². The van der Waals surface area contributed by atoms with Crippen LogP contribution >= 0.6 is 0 Å². The molecule has 0 spiro atoms. The van der Waals surface area contributed by atoms with Gasteiger partial charge in [-0.1, -0.05) is 36.4 Å². The van der Waals surface area contributed by atoms with Gasteiger partial charge in [0, 0.05) is 61.9 Å². The maximum Gasteiger partial charge on any atom is 0.244 e. The van der Waals surface area contributed by atoms with Crippen LogP contribution in [0.4, 0.5) is 4.39 Å². The third kappa shape index (κ3) is 5.89. The number of carbonyl (C=O) groups is 1. The highest BCUT2D eigenvalue weighted by Gasteiger charge is 2.18. The molecule has 3 heterocycles. The summed E-state index contributed by atoms with van der Waals surface area (Å²) in [5, 5.41) is 4.13. The second-order valence-electron chi connectivity index (χ2n) is 9.31. The molecule has 2 aromatic carbocycles. The van der Waals surface area contributed by atoms with E-state index in [1.807, 2.05) is 30.3 Å². The van der Waals surface area contributed by atoms with Crippen LogP contribution < -0.4 is 5.32 Å². The van der Waals surface area contributed by atoms with Crippen LogP contribution in [0.15, 0.2) is 85.3 Å². The Morgan fingerprint density at radius 2 is 1.86 bits per heavy atom. The lowest BCUT2D eigenvalue weighted by atomic mass is 10.1. The quantitative estimate of drug-likeness (QED) is 0.345. The number of hydrogen-bond donors (Lipinski definition) is 1. The van der Waals surface area contributed by atoms with Crippen LogP contribution in [0.25, 0.3) is 22.7 Å². The maximum atomic E-state index is 13.5. The molecule has 4 aromatic rings. The van der Waals surface area contributed by atoms with E-state index in [0.29, 0.717) is 19.4 Å². The lowest BCUT2D eigenvalue weighted by molar-refractivity contribution is -0.116. The molecule has 5 rings (SSSR count). The lowest BCUT2D eigenvalue weighted by Crippen LogP contribution is -2.35. The number of nitrogens with one attached hydrogen (secondary N) is 1. The molecule has 2 aromatic heterocycles. The normalized spacial score (nSPS) is 15.0. The van der Waals surface area contributed by atoms with Crippen LogP contribution in [-0.4, -0.2) is 46.2 Å². The van der Waals surface area contributed by atoms with E-state index in [-0.39, 0.29) is 5.91 Å². The molecule has 1 aliphatic heterocycles. The van der Waals surface area contributed by atoms with Gasteiger partial charge in [-0.2, -0.15) is 0 Å². The number of rotatable bonds is 8. The van der Waals surface area contributed by atoms with Gasteiger partial charge in [-0.05, 0) is 66.3 Å². The molecule has 1 fully saturated rings. The van der Waals surface area contributed by atoms with Crippen LogP contribution in [-0.2, 0) is 17.8 Å². The zero-order chi connectivity index (χ0) is 24.7. The molecule has 1 N–H and O–H groups in total. The largest absolute Gasteiger partial charge is 0.348 e. The predicted octanol–water partition coefficient (Wildman–Crippen LogP) is 5.33. The van der Waals surface area contributed by atoms with Crippen LogP contribution in [0.2, 0.25) is 0 Å². The third-order valence-corrected chi connectivity index (χ3v) is 6.80. The third-order valence-electron chi connectivity index (χ3n) is 6.80. The number of para-hydroxylation sites is 1. The van der Waals surface area contributed by atoms with Crippen molar-refractivity contribution >= 4 is 22.9 Å². The van der Waals surface area contributed by atoms with Crippen molar-refractivity contribution in [3.05, 3.63) is 102 Å².